The Labute approximate surface area is 141 Å². The first-order valence-electron chi connectivity index (χ1n) is 8.75. The number of nitrogens with zero attached hydrogens (tertiary/aromatic N) is 4. The van der Waals surface area contributed by atoms with Gasteiger partial charge in [0, 0.05) is 56.4 Å². The van der Waals surface area contributed by atoms with Gasteiger partial charge in [-0.05, 0) is 25.8 Å². The van der Waals surface area contributed by atoms with Gasteiger partial charge in [0.2, 0.25) is 0 Å². The van der Waals surface area contributed by atoms with Gasteiger partial charge in [-0.2, -0.15) is 0 Å². The van der Waals surface area contributed by atoms with Crippen LogP contribution in [0.3, 0.4) is 0 Å². The average Bonchev–Trinajstić information content (AvgIpc) is 3.25. The van der Waals surface area contributed by atoms with Crippen LogP contribution in [0.2, 0.25) is 0 Å². The summed E-state index contributed by atoms with van der Waals surface area (Å²) in [6, 6.07) is 1.05. The summed E-state index contributed by atoms with van der Waals surface area (Å²) in [6.45, 7) is 5.68. The molecule has 4 heterocycles. The number of aromatic nitrogens is 1. The molecular formula is C16H25N5OS. The summed E-state index contributed by atoms with van der Waals surface area (Å²) in [7, 11) is 0. The highest BCUT2D eigenvalue weighted by Crippen LogP contribution is 2.27. The summed E-state index contributed by atoms with van der Waals surface area (Å²) >= 11 is 1.67. The van der Waals surface area contributed by atoms with E-state index in [0.717, 1.165) is 44.3 Å². The number of hydrogen-bond acceptors (Lipinski definition) is 5. The molecule has 3 fully saturated rings. The lowest BCUT2D eigenvalue weighted by Gasteiger charge is -2.36. The fourth-order valence-electron chi connectivity index (χ4n) is 4.14. The van der Waals surface area contributed by atoms with Gasteiger partial charge in [0.15, 0.2) is 5.13 Å². The van der Waals surface area contributed by atoms with Gasteiger partial charge >= 0.3 is 6.03 Å². The molecule has 2 atom stereocenters. The molecule has 0 aromatic carbocycles. The normalized spacial score (nSPS) is 28.7. The number of anilines is 1. The van der Waals surface area contributed by atoms with Crippen LogP contribution in [0, 0.1) is 0 Å². The lowest BCUT2D eigenvalue weighted by molar-refractivity contribution is 0.166. The van der Waals surface area contributed by atoms with Crippen molar-refractivity contribution in [2.24, 2.45) is 0 Å². The lowest BCUT2D eigenvalue weighted by Crippen LogP contribution is -2.55. The Balaban J connectivity index is 1.29. The Kier molecular flexibility index (Phi) is 4.39. The quantitative estimate of drug-likeness (QED) is 0.892. The highest BCUT2D eigenvalue weighted by molar-refractivity contribution is 7.13. The minimum atomic E-state index is 0.126. The molecular weight excluding hydrogens is 310 g/mol. The maximum atomic E-state index is 12.6. The summed E-state index contributed by atoms with van der Waals surface area (Å²) in [5, 5.41) is 6.38. The van der Waals surface area contributed by atoms with E-state index >= 15 is 0 Å². The highest BCUT2D eigenvalue weighted by atomic mass is 32.1. The highest BCUT2D eigenvalue weighted by Gasteiger charge is 2.37. The van der Waals surface area contributed by atoms with Crippen molar-refractivity contribution in [1.82, 2.24) is 20.1 Å². The summed E-state index contributed by atoms with van der Waals surface area (Å²) in [4.78, 5) is 23.7. The van der Waals surface area contributed by atoms with Crippen molar-refractivity contribution in [3.63, 3.8) is 0 Å². The molecule has 0 bridgehead atoms. The van der Waals surface area contributed by atoms with Crippen molar-refractivity contribution in [3.8, 4) is 0 Å². The number of carbonyl (C=O) groups is 1. The van der Waals surface area contributed by atoms with Gasteiger partial charge in [-0.25, -0.2) is 9.78 Å². The fourth-order valence-corrected chi connectivity index (χ4v) is 4.84. The van der Waals surface area contributed by atoms with E-state index in [1.807, 2.05) is 16.5 Å². The van der Waals surface area contributed by atoms with E-state index in [4.69, 9.17) is 0 Å². The molecule has 0 saturated carbocycles. The second kappa shape index (κ2) is 6.65. The second-order valence-electron chi connectivity index (χ2n) is 6.73. The molecule has 3 aliphatic rings. The smallest absolute Gasteiger partial charge is 0.317 e. The standard InChI is InChI=1S/C16H25N5OS/c22-15(18-13-4-7-19-6-2-1-3-14(13)19)20-8-10-21(11-9-20)16-17-5-12-23-16/h5,12-14H,1-4,6-11H2,(H,18,22)/t13-,14+/m0/s1. The van der Waals surface area contributed by atoms with E-state index in [9.17, 15) is 4.79 Å². The van der Waals surface area contributed by atoms with Gasteiger partial charge in [0.25, 0.3) is 0 Å². The van der Waals surface area contributed by atoms with E-state index in [2.05, 4.69) is 20.1 Å². The van der Waals surface area contributed by atoms with Gasteiger partial charge in [-0.3, -0.25) is 4.90 Å². The van der Waals surface area contributed by atoms with Crippen LogP contribution in [0.15, 0.2) is 11.6 Å². The van der Waals surface area contributed by atoms with Gasteiger partial charge in [0.1, 0.15) is 0 Å². The molecule has 7 heteroatoms. The van der Waals surface area contributed by atoms with E-state index in [0.29, 0.717) is 12.1 Å². The van der Waals surface area contributed by atoms with Gasteiger partial charge < -0.3 is 15.1 Å². The van der Waals surface area contributed by atoms with Crippen molar-refractivity contribution in [1.29, 1.82) is 0 Å². The third kappa shape index (κ3) is 3.17. The molecule has 6 nitrogen and oxygen atoms in total. The zero-order valence-electron chi connectivity index (χ0n) is 13.5. The van der Waals surface area contributed by atoms with Crippen molar-refractivity contribution >= 4 is 22.5 Å². The van der Waals surface area contributed by atoms with Crippen LogP contribution in [0.5, 0.6) is 0 Å². The van der Waals surface area contributed by atoms with Crippen molar-refractivity contribution < 1.29 is 4.79 Å². The number of hydrogen-bond donors (Lipinski definition) is 1. The van der Waals surface area contributed by atoms with Crippen LogP contribution in [-0.2, 0) is 0 Å². The first kappa shape index (κ1) is 15.2. The Morgan fingerprint density at radius 1 is 1.13 bits per heavy atom. The van der Waals surface area contributed by atoms with Crippen LogP contribution in [0.1, 0.15) is 25.7 Å². The molecule has 0 radical (unpaired) electrons. The van der Waals surface area contributed by atoms with Crippen molar-refractivity contribution in [3.05, 3.63) is 11.6 Å². The molecule has 126 valence electrons. The predicted octanol–water partition coefficient (Wildman–Crippen LogP) is 1.60. The van der Waals surface area contributed by atoms with Crippen LogP contribution in [0.25, 0.3) is 0 Å². The van der Waals surface area contributed by atoms with E-state index in [1.165, 1.54) is 25.8 Å². The third-order valence-corrected chi connectivity index (χ3v) is 6.25. The summed E-state index contributed by atoms with van der Waals surface area (Å²) in [6.07, 6.45) is 6.81. The summed E-state index contributed by atoms with van der Waals surface area (Å²) in [5.74, 6) is 0. The first-order chi connectivity index (χ1) is 11.3. The van der Waals surface area contributed by atoms with E-state index in [1.54, 1.807) is 11.3 Å². The zero-order chi connectivity index (χ0) is 15.6. The maximum absolute atomic E-state index is 12.6. The van der Waals surface area contributed by atoms with Gasteiger partial charge in [0.05, 0.1) is 0 Å². The summed E-state index contributed by atoms with van der Waals surface area (Å²) < 4.78 is 0. The predicted molar refractivity (Wildman–Crippen MR) is 92.0 cm³/mol. The minimum absolute atomic E-state index is 0.126. The number of fused-ring (bicyclic) bond motifs is 1. The number of carbonyl (C=O) groups excluding carboxylic acids is 1. The molecule has 0 unspecified atom stereocenters. The largest absolute Gasteiger partial charge is 0.345 e. The Morgan fingerprint density at radius 3 is 2.78 bits per heavy atom. The molecule has 4 rings (SSSR count). The zero-order valence-corrected chi connectivity index (χ0v) is 14.3. The first-order valence-corrected chi connectivity index (χ1v) is 9.63. The third-order valence-electron chi connectivity index (χ3n) is 5.42. The molecule has 0 aliphatic carbocycles. The average molecular weight is 335 g/mol. The van der Waals surface area contributed by atoms with Crippen LogP contribution < -0.4 is 10.2 Å². The minimum Gasteiger partial charge on any atom is -0.345 e. The molecule has 1 aromatic heterocycles. The van der Waals surface area contributed by atoms with Crippen molar-refractivity contribution in [2.75, 3.05) is 44.2 Å². The SMILES string of the molecule is O=C(N[C@H]1CCN2CCCC[C@H]12)N1CCN(c2nccs2)CC1. The number of amides is 2. The van der Waals surface area contributed by atoms with Crippen LogP contribution in [0.4, 0.5) is 9.93 Å². The van der Waals surface area contributed by atoms with Gasteiger partial charge in [-0.1, -0.05) is 6.42 Å². The Bertz CT molecular complexity index is 529. The topological polar surface area (TPSA) is 51.7 Å². The number of piperidine rings is 1. The maximum Gasteiger partial charge on any atom is 0.317 e. The number of nitrogens with one attached hydrogen (secondary N) is 1. The molecule has 0 spiro atoms. The number of piperazine rings is 1. The fraction of sp³-hybridized carbons (Fsp3) is 0.750. The van der Waals surface area contributed by atoms with Crippen molar-refractivity contribution in [2.45, 2.75) is 37.8 Å². The number of thiazole rings is 1. The van der Waals surface area contributed by atoms with E-state index < -0.39 is 0 Å². The molecule has 23 heavy (non-hydrogen) atoms. The van der Waals surface area contributed by atoms with Crippen LogP contribution in [-0.4, -0.2) is 72.2 Å². The molecule has 3 aliphatic heterocycles. The second-order valence-corrected chi connectivity index (χ2v) is 7.61. The van der Waals surface area contributed by atoms with Gasteiger partial charge in [-0.15, -0.1) is 11.3 Å². The molecule has 2 amide bonds. The molecule has 1 aromatic rings. The number of urea groups is 1. The van der Waals surface area contributed by atoms with E-state index in [-0.39, 0.29) is 6.03 Å². The number of rotatable bonds is 2. The summed E-state index contributed by atoms with van der Waals surface area (Å²) in [5.41, 5.74) is 0. The Morgan fingerprint density at radius 2 is 2.00 bits per heavy atom. The lowest BCUT2D eigenvalue weighted by atomic mass is 9.99. The monoisotopic (exact) mass is 335 g/mol. The Hall–Kier alpha value is -1.34. The van der Waals surface area contributed by atoms with Crippen LogP contribution >= 0.6 is 11.3 Å². The molecule has 3 saturated heterocycles. The molecule has 1 N–H and O–H groups in total.